The number of nitrogen functional groups attached to an aromatic ring is 1. The van der Waals surface area contributed by atoms with Gasteiger partial charge in [-0.15, -0.1) is 20.4 Å². The number of rotatable bonds is 5. The number of nitrogens with two attached hydrogens (primary N) is 1. The van der Waals surface area contributed by atoms with Crippen LogP contribution >= 0.6 is 11.8 Å². The average Bonchev–Trinajstić information content (AvgIpc) is 3.31. The molecule has 4 rings (SSSR count). The van der Waals surface area contributed by atoms with Crippen LogP contribution in [0.15, 0.2) is 64.2 Å². The third-order valence-electron chi connectivity index (χ3n) is 3.87. The SMILES string of the molecule is CC(Sc1nnc(-c2ccccc2F)n1N)c1nnc(-c2ccccc2)o1. The molecule has 7 nitrogen and oxygen atoms in total. The Balaban J connectivity index is 1.55. The van der Waals surface area contributed by atoms with E-state index in [9.17, 15) is 4.39 Å². The van der Waals surface area contributed by atoms with Gasteiger partial charge in [-0.1, -0.05) is 42.1 Å². The van der Waals surface area contributed by atoms with E-state index in [0.29, 0.717) is 16.9 Å². The highest BCUT2D eigenvalue weighted by atomic mass is 32.2. The van der Waals surface area contributed by atoms with Crippen molar-refractivity contribution in [2.24, 2.45) is 0 Å². The van der Waals surface area contributed by atoms with Crippen molar-refractivity contribution in [2.75, 3.05) is 5.84 Å². The molecule has 0 saturated heterocycles. The van der Waals surface area contributed by atoms with Crippen molar-refractivity contribution in [3.63, 3.8) is 0 Å². The van der Waals surface area contributed by atoms with Crippen LogP contribution in [0.4, 0.5) is 4.39 Å². The van der Waals surface area contributed by atoms with Crippen molar-refractivity contribution in [1.29, 1.82) is 0 Å². The fourth-order valence-electron chi connectivity index (χ4n) is 2.49. The topological polar surface area (TPSA) is 95.7 Å². The second-order valence-corrected chi connectivity index (χ2v) is 7.04. The Bertz CT molecular complexity index is 1060. The molecule has 2 heterocycles. The summed E-state index contributed by atoms with van der Waals surface area (Å²) in [6.07, 6.45) is 0. The third-order valence-corrected chi connectivity index (χ3v) is 4.91. The molecular weight excluding hydrogens is 367 g/mol. The molecule has 0 fully saturated rings. The Hall–Kier alpha value is -3.20. The van der Waals surface area contributed by atoms with Gasteiger partial charge in [0.15, 0.2) is 5.82 Å². The first-order valence-electron chi connectivity index (χ1n) is 8.14. The van der Waals surface area contributed by atoms with Gasteiger partial charge < -0.3 is 10.3 Å². The van der Waals surface area contributed by atoms with Gasteiger partial charge in [0.25, 0.3) is 0 Å². The molecule has 0 aliphatic carbocycles. The Kier molecular flexibility index (Phi) is 4.59. The number of halogens is 1. The van der Waals surface area contributed by atoms with Crippen LogP contribution in [0.25, 0.3) is 22.8 Å². The van der Waals surface area contributed by atoms with Crippen molar-refractivity contribution >= 4 is 11.8 Å². The van der Waals surface area contributed by atoms with Gasteiger partial charge in [-0.05, 0) is 31.2 Å². The molecule has 136 valence electrons. The molecular formula is C18H15FN6OS. The Morgan fingerprint density at radius 2 is 1.74 bits per heavy atom. The largest absolute Gasteiger partial charge is 0.419 e. The van der Waals surface area contributed by atoms with Gasteiger partial charge in [0, 0.05) is 5.56 Å². The highest BCUT2D eigenvalue weighted by molar-refractivity contribution is 7.99. The maximum absolute atomic E-state index is 14.0. The minimum Gasteiger partial charge on any atom is -0.419 e. The van der Waals surface area contributed by atoms with Gasteiger partial charge >= 0.3 is 0 Å². The maximum atomic E-state index is 14.0. The lowest BCUT2D eigenvalue weighted by Gasteiger charge is -2.07. The van der Waals surface area contributed by atoms with Gasteiger partial charge in [0.05, 0.1) is 10.8 Å². The van der Waals surface area contributed by atoms with Gasteiger partial charge in [-0.3, -0.25) is 0 Å². The monoisotopic (exact) mass is 382 g/mol. The second kappa shape index (κ2) is 7.20. The number of hydrogen-bond donors (Lipinski definition) is 1. The fourth-order valence-corrected chi connectivity index (χ4v) is 3.29. The van der Waals surface area contributed by atoms with Crippen LogP contribution in [0, 0.1) is 5.82 Å². The summed E-state index contributed by atoms with van der Waals surface area (Å²) >= 11 is 1.30. The molecule has 2 aromatic heterocycles. The molecule has 2 aromatic carbocycles. The first-order chi connectivity index (χ1) is 13.1. The van der Waals surface area contributed by atoms with Crippen molar-refractivity contribution < 1.29 is 8.81 Å². The number of aromatic nitrogens is 5. The van der Waals surface area contributed by atoms with Crippen LogP contribution in [-0.2, 0) is 0 Å². The molecule has 0 aliphatic rings. The first kappa shape index (κ1) is 17.2. The summed E-state index contributed by atoms with van der Waals surface area (Å²) in [4.78, 5) is 0. The summed E-state index contributed by atoms with van der Waals surface area (Å²) in [6, 6.07) is 15.8. The van der Waals surface area contributed by atoms with Crippen LogP contribution in [0.5, 0.6) is 0 Å². The summed E-state index contributed by atoms with van der Waals surface area (Å²) in [7, 11) is 0. The maximum Gasteiger partial charge on any atom is 0.247 e. The van der Waals surface area contributed by atoms with E-state index in [-0.39, 0.29) is 16.6 Å². The lowest BCUT2D eigenvalue weighted by Crippen LogP contribution is -2.12. The van der Waals surface area contributed by atoms with Crippen LogP contribution in [0.3, 0.4) is 0 Å². The fraction of sp³-hybridized carbons (Fsp3) is 0.111. The summed E-state index contributed by atoms with van der Waals surface area (Å²) in [6.45, 7) is 1.89. The first-order valence-corrected chi connectivity index (χ1v) is 9.02. The molecule has 0 aliphatic heterocycles. The van der Waals surface area contributed by atoms with Crippen molar-refractivity contribution in [3.8, 4) is 22.8 Å². The van der Waals surface area contributed by atoms with E-state index < -0.39 is 5.82 Å². The molecule has 27 heavy (non-hydrogen) atoms. The van der Waals surface area contributed by atoms with Crippen LogP contribution in [-0.4, -0.2) is 25.1 Å². The molecule has 9 heteroatoms. The summed E-state index contributed by atoms with van der Waals surface area (Å²) in [5.41, 5.74) is 1.13. The second-order valence-electron chi connectivity index (χ2n) is 5.73. The molecule has 0 amide bonds. The quantitative estimate of drug-likeness (QED) is 0.415. The van der Waals surface area contributed by atoms with E-state index in [0.717, 1.165) is 5.56 Å². The summed E-state index contributed by atoms with van der Waals surface area (Å²) in [5, 5.41) is 16.5. The smallest absolute Gasteiger partial charge is 0.247 e. The minimum atomic E-state index is -0.411. The van der Waals surface area contributed by atoms with E-state index in [1.54, 1.807) is 18.2 Å². The molecule has 1 unspecified atom stereocenters. The lowest BCUT2D eigenvalue weighted by molar-refractivity contribution is 0.509. The predicted molar refractivity (Wildman–Crippen MR) is 99.6 cm³/mol. The van der Waals surface area contributed by atoms with E-state index in [4.69, 9.17) is 10.3 Å². The molecule has 0 radical (unpaired) electrons. The summed E-state index contributed by atoms with van der Waals surface area (Å²) < 4.78 is 21.0. The zero-order chi connectivity index (χ0) is 18.8. The molecule has 1 atom stereocenters. The zero-order valence-electron chi connectivity index (χ0n) is 14.3. The van der Waals surface area contributed by atoms with E-state index in [1.165, 1.54) is 22.5 Å². The molecule has 4 aromatic rings. The van der Waals surface area contributed by atoms with Crippen LogP contribution in [0.2, 0.25) is 0 Å². The highest BCUT2D eigenvalue weighted by Crippen LogP contribution is 2.35. The van der Waals surface area contributed by atoms with Gasteiger partial charge in [-0.25, -0.2) is 9.07 Å². The van der Waals surface area contributed by atoms with E-state index in [1.807, 2.05) is 37.3 Å². The van der Waals surface area contributed by atoms with Gasteiger partial charge in [0.2, 0.25) is 16.9 Å². The normalized spacial score (nSPS) is 12.2. The van der Waals surface area contributed by atoms with E-state index in [2.05, 4.69) is 20.4 Å². The van der Waals surface area contributed by atoms with Crippen LogP contribution in [0.1, 0.15) is 18.1 Å². The third kappa shape index (κ3) is 3.41. The predicted octanol–water partition coefficient (Wildman–Crippen LogP) is 3.70. The van der Waals surface area contributed by atoms with Crippen LogP contribution < -0.4 is 5.84 Å². The standard InChI is InChI=1S/C18H15FN6OS/c1-11(16-22-23-17(26-16)12-7-3-2-4-8-12)27-18-24-21-15(25(18)20)13-9-5-6-10-14(13)19/h2-11H,20H2,1H3. The Labute approximate surface area is 158 Å². The highest BCUT2D eigenvalue weighted by Gasteiger charge is 2.21. The average molecular weight is 382 g/mol. The van der Waals surface area contributed by atoms with Crippen molar-refractivity contribution in [1.82, 2.24) is 25.1 Å². The molecule has 0 spiro atoms. The minimum absolute atomic E-state index is 0.213. The Morgan fingerprint density at radius 1 is 1.00 bits per heavy atom. The van der Waals surface area contributed by atoms with Gasteiger partial charge in [-0.2, -0.15) is 0 Å². The molecule has 0 saturated carbocycles. The number of hydrogen-bond acceptors (Lipinski definition) is 7. The van der Waals surface area contributed by atoms with Gasteiger partial charge in [0.1, 0.15) is 5.82 Å². The zero-order valence-corrected chi connectivity index (χ0v) is 15.1. The molecule has 2 N–H and O–H groups in total. The summed E-state index contributed by atoms with van der Waals surface area (Å²) in [5.74, 6) is 6.78. The van der Waals surface area contributed by atoms with E-state index >= 15 is 0 Å². The number of thioether (sulfide) groups is 1. The lowest BCUT2D eigenvalue weighted by atomic mass is 10.2. The number of nitrogens with zero attached hydrogens (tertiary/aromatic N) is 5. The molecule has 0 bridgehead atoms. The van der Waals surface area contributed by atoms with Crippen molar-refractivity contribution in [2.45, 2.75) is 17.3 Å². The number of benzene rings is 2. The Morgan fingerprint density at radius 3 is 2.52 bits per heavy atom. The van der Waals surface area contributed by atoms with Crippen molar-refractivity contribution in [3.05, 3.63) is 66.3 Å².